The van der Waals surface area contributed by atoms with Crippen LogP contribution in [0.4, 0.5) is 0 Å². The number of carbonyl (C=O) groups excluding carboxylic acids is 1. The Hall–Kier alpha value is -0.610. The number of amides is 1. The van der Waals surface area contributed by atoms with Gasteiger partial charge in [0.15, 0.2) is 0 Å². The Morgan fingerprint density at radius 3 is 2.60 bits per heavy atom. The first-order valence-electron chi connectivity index (χ1n) is 5.47. The van der Waals surface area contributed by atoms with Crippen molar-refractivity contribution < 1.29 is 14.6 Å². The summed E-state index contributed by atoms with van der Waals surface area (Å²) in [5.41, 5.74) is -0.567. The van der Waals surface area contributed by atoms with Gasteiger partial charge in [0.25, 0.3) is 0 Å². The third-order valence-corrected chi connectivity index (χ3v) is 2.40. The Balaban J connectivity index is 3.74. The molecule has 0 aliphatic heterocycles. The van der Waals surface area contributed by atoms with E-state index in [0.29, 0.717) is 19.6 Å². The van der Waals surface area contributed by atoms with Gasteiger partial charge in [-0.25, -0.2) is 0 Å². The summed E-state index contributed by atoms with van der Waals surface area (Å²) in [6.07, 6.45) is 0.597. The molecule has 0 bridgehead atoms. The molecule has 0 saturated carbocycles. The molecule has 0 spiro atoms. The minimum atomic E-state index is -0.567. The molecule has 0 heterocycles. The van der Waals surface area contributed by atoms with E-state index < -0.39 is 11.6 Å². The molecule has 0 fully saturated rings. The molecule has 0 rings (SSSR count). The molecule has 0 aliphatic carbocycles. The first-order chi connectivity index (χ1) is 6.90. The van der Waals surface area contributed by atoms with Gasteiger partial charge in [-0.1, -0.05) is 0 Å². The summed E-state index contributed by atoms with van der Waals surface area (Å²) in [6, 6.07) is 0. The second kappa shape index (κ2) is 6.80. The molecule has 2 N–H and O–H groups in total. The van der Waals surface area contributed by atoms with E-state index in [2.05, 4.69) is 5.32 Å². The SMILES string of the molecule is CCOCCCC(=O)NC(C)(C)C(C)O. The van der Waals surface area contributed by atoms with Gasteiger partial charge < -0.3 is 15.2 Å². The average Bonchev–Trinajstić information content (AvgIpc) is 2.11. The van der Waals surface area contributed by atoms with E-state index in [9.17, 15) is 9.90 Å². The molecule has 1 atom stereocenters. The highest BCUT2D eigenvalue weighted by atomic mass is 16.5. The molecule has 0 saturated heterocycles. The van der Waals surface area contributed by atoms with Gasteiger partial charge in [0.2, 0.25) is 5.91 Å². The number of hydrogen-bond acceptors (Lipinski definition) is 3. The standard InChI is InChI=1S/C11H23NO3/c1-5-15-8-6-7-10(14)12-11(3,4)9(2)13/h9,13H,5-8H2,1-4H3,(H,12,14). The van der Waals surface area contributed by atoms with Crippen LogP contribution < -0.4 is 5.32 Å². The van der Waals surface area contributed by atoms with Gasteiger partial charge in [-0.2, -0.15) is 0 Å². The largest absolute Gasteiger partial charge is 0.391 e. The Kier molecular flexibility index (Phi) is 6.52. The fourth-order valence-electron chi connectivity index (χ4n) is 1.01. The molecule has 4 heteroatoms. The Morgan fingerprint density at radius 2 is 2.13 bits per heavy atom. The van der Waals surface area contributed by atoms with Crippen LogP contribution in [0.5, 0.6) is 0 Å². The summed E-state index contributed by atoms with van der Waals surface area (Å²) in [7, 11) is 0. The van der Waals surface area contributed by atoms with E-state index in [0.717, 1.165) is 6.42 Å². The lowest BCUT2D eigenvalue weighted by Crippen LogP contribution is -2.50. The van der Waals surface area contributed by atoms with Crippen LogP contribution in [0.15, 0.2) is 0 Å². The number of carbonyl (C=O) groups is 1. The average molecular weight is 217 g/mol. The van der Waals surface area contributed by atoms with Crippen molar-refractivity contribution >= 4 is 5.91 Å². The van der Waals surface area contributed by atoms with Crippen molar-refractivity contribution in [3.8, 4) is 0 Å². The van der Waals surface area contributed by atoms with E-state index in [1.807, 2.05) is 6.92 Å². The van der Waals surface area contributed by atoms with Gasteiger partial charge in [0.05, 0.1) is 11.6 Å². The van der Waals surface area contributed by atoms with Crippen molar-refractivity contribution in [3.63, 3.8) is 0 Å². The summed E-state index contributed by atoms with van der Waals surface area (Å²) in [5.74, 6) is -0.0411. The van der Waals surface area contributed by atoms with Gasteiger partial charge in [-0.3, -0.25) is 4.79 Å². The summed E-state index contributed by atoms with van der Waals surface area (Å²) in [4.78, 5) is 11.4. The first-order valence-corrected chi connectivity index (χ1v) is 5.47. The maximum absolute atomic E-state index is 11.4. The lowest BCUT2D eigenvalue weighted by Gasteiger charge is -2.29. The van der Waals surface area contributed by atoms with Crippen molar-refractivity contribution in [2.75, 3.05) is 13.2 Å². The van der Waals surface area contributed by atoms with Crippen LogP contribution in [-0.2, 0) is 9.53 Å². The smallest absolute Gasteiger partial charge is 0.220 e. The highest BCUT2D eigenvalue weighted by molar-refractivity contribution is 5.76. The monoisotopic (exact) mass is 217 g/mol. The lowest BCUT2D eigenvalue weighted by molar-refractivity contribution is -0.124. The zero-order valence-electron chi connectivity index (χ0n) is 10.2. The number of aliphatic hydroxyl groups excluding tert-OH is 1. The molecule has 4 nitrogen and oxygen atoms in total. The van der Waals surface area contributed by atoms with Crippen LogP contribution in [0.2, 0.25) is 0 Å². The van der Waals surface area contributed by atoms with Crippen molar-refractivity contribution in [2.24, 2.45) is 0 Å². The Bertz CT molecular complexity index is 190. The maximum Gasteiger partial charge on any atom is 0.220 e. The van der Waals surface area contributed by atoms with Crippen LogP contribution in [0.25, 0.3) is 0 Å². The minimum Gasteiger partial charge on any atom is -0.391 e. The predicted molar refractivity (Wildman–Crippen MR) is 59.6 cm³/mol. The zero-order valence-corrected chi connectivity index (χ0v) is 10.2. The Morgan fingerprint density at radius 1 is 1.53 bits per heavy atom. The summed E-state index contributed by atoms with van der Waals surface area (Å²) < 4.78 is 5.13. The van der Waals surface area contributed by atoms with Crippen LogP contribution >= 0.6 is 0 Å². The third-order valence-electron chi connectivity index (χ3n) is 2.40. The molecule has 0 radical (unpaired) electrons. The van der Waals surface area contributed by atoms with Crippen LogP contribution in [0.1, 0.15) is 40.5 Å². The van der Waals surface area contributed by atoms with Crippen LogP contribution in [0.3, 0.4) is 0 Å². The number of nitrogens with one attached hydrogen (secondary N) is 1. The number of ether oxygens (including phenoxy) is 1. The van der Waals surface area contributed by atoms with Crippen molar-refractivity contribution in [1.29, 1.82) is 0 Å². The lowest BCUT2D eigenvalue weighted by atomic mass is 9.98. The normalized spacial score (nSPS) is 13.7. The zero-order chi connectivity index (χ0) is 11.9. The quantitative estimate of drug-likeness (QED) is 0.627. The molecular weight excluding hydrogens is 194 g/mol. The fraction of sp³-hybridized carbons (Fsp3) is 0.909. The molecular formula is C11H23NO3. The second-order valence-electron chi connectivity index (χ2n) is 4.25. The van der Waals surface area contributed by atoms with Crippen LogP contribution in [-0.4, -0.2) is 35.9 Å². The van der Waals surface area contributed by atoms with Gasteiger partial charge in [-0.05, 0) is 34.1 Å². The summed E-state index contributed by atoms with van der Waals surface area (Å²) >= 11 is 0. The molecule has 0 aromatic heterocycles. The van der Waals surface area contributed by atoms with E-state index in [1.165, 1.54) is 0 Å². The first kappa shape index (κ1) is 14.4. The molecule has 1 unspecified atom stereocenters. The van der Waals surface area contributed by atoms with Gasteiger partial charge in [0, 0.05) is 19.6 Å². The highest BCUT2D eigenvalue weighted by Gasteiger charge is 2.25. The summed E-state index contributed by atoms with van der Waals surface area (Å²) in [5, 5.41) is 12.2. The molecule has 0 aromatic carbocycles. The predicted octanol–water partition coefficient (Wildman–Crippen LogP) is 1.08. The molecule has 90 valence electrons. The van der Waals surface area contributed by atoms with E-state index >= 15 is 0 Å². The van der Waals surface area contributed by atoms with Gasteiger partial charge in [0.1, 0.15) is 0 Å². The van der Waals surface area contributed by atoms with Crippen molar-refractivity contribution in [2.45, 2.75) is 52.2 Å². The van der Waals surface area contributed by atoms with Gasteiger partial charge >= 0.3 is 0 Å². The third kappa shape index (κ3) is 6.47. The summed E-state index contributed by atoms with van der Waals surface area (Å²) in [6.45, 7) is 8.49. The molecule has 0 aromatic rings. The minimum absolute atomic E-state index is 0.0411. The van der Waals surface area contributed by atoms with E-state index in [-0.39, 0.29) is 5.91 Å². The molecule has 1 amide bonds. The van der Waals surface area contributed by atoms with E-state index in [4.69, 9.17) is 4.74 Å². The topological polar surface area (TPSA) is 58.6 Å². The second-order valence-corrected chi connectivity index (χ2v) is 4.25. The number of aliphatic hydroxyl groups is 1. The maximum atomic E-state index is 11.4. The van der Waals surface area contributed by atoms with Crippen LogP contribution in [0, 0.1) is 0 Å². The molecule has 15 heavy (non-hydrogen) atoms. The number of hydrogen-bond donors (Lipinski definition) is 2. The molecule has 0 aliphatic rings. The Labute approximate surface area is 92.0 Å². The van der Waals surface area contributed by atoms with Crippen molar-refractivity contribution in [3.05, 3.63) is 0 Å². The number of rotatable bonds is 7. The van der Waals surface area contributed by atoms with Gasteiger partial charge in [-0.15, -0.1) is 0 Å². The highest BCUT2D eigenvalue weighted by Crippen LogP contribution is 2.08. The van der Waals surface area contributed by atoms with E-state index in [1.54, 1.807) is 20.8 Å². The fourth-order valence-corrected chi connectivity index (χ4v) is 1.01. The van der Waals surface area contributed by atoms with Crippen molar-refractivity contribution in [1.82, 2.24) is 5.32 Å².